The van der Waals surface area contributed by atoms with Gasteiger partial charge in [-0.2, -0.15) is 0 Å². The Hall–Kier alpha value is -2.10. The Morgan fingerprint density at radius 3 is 2.43 bits per heavy atom. The van der Waals surface area contributed by atoms with Gasteiger partial charge in [0.05, 0.1) is 6.20 Å². The van der Waals surface area contributed by atoms with Gasteiger partial charge >= 0.3 is 0 Å². The molecule has 0 aliphatic heterocycles. The molecule has 4 bridgehead atoms. The van der Waals surface area contributed by atoms with E-state index in [1.54, 1.807) is 6.20 Å². The van der Waals surface area contributed by atoms with E-state index in [1.807, 2.05) is 30.3 Å². The number of nitrogens with one attached hydrogen (secondary N) is 1. The highest BCUT2D eigenvalue weighted by molar-refractivity contribution is 5.76. The van der Waals surface area contributed by atoms with E-state index < -0.39 is 0 Å². The van der Waals surface area contributed by atoms with Crippen LogP contribution in [-0.4, -0.2) is 17.4 Å². The molecule has 4 fully saturated rings. The third-order valence-corrected chi connectivity index (χ3v) is 7.32. The van der Waals surface area contributed by atoms with E-state index in [-0.39, 0.29) is 5.91 Å². The molecule has 2 aromatic rings. The predicted molar refractivity (Wildman–Crippen MR) is 108 cm³/mol. The van der Waals surface area contributed by atoms with Gasteiger partial charge in [-0.25, -0.2) is 4.98 Å². The van der Waals surface area contributed by atoms with Crippen LogP contribution in [0, 0.1) is 23.2 Å². The summed E-state index contributed by atoms with van der Waals surface area (Å²) >= 11 is 0. The van der Waals surface area contributed by atoms with E-state index in [9.17, 15) is 4.79 Å². The Bertz CT molecular complexity index is 791. The molecule has 0 radical (unpaired) electrons. The van der Waals surface area contributed by atoms with Crippen LogP contribution in [0.3, 0.4) is 0 Å². The second-order valence-electron chi connectivity index (χ2n) is 9.50. The zero-order valence-corrected chi connectivity index (χ0v) is 16.5. The smallest absolute Gasteiger partial charge is 0.220 e. The predicted octanol–water partition coefficient (Wildman–Crippen LogP) is 5.00. The van der Waals surface area contributed by atoms with Crippen LogP contribution in [0.2, 0.25) is 0 Å². The van der Waals surface area contributed by atoms with E-state index in [4.69, 9.17) is 4.42 Å². The molecular weight excluding hydrogens is 348 g/mol. The Morgan fingerprint density at radius 1 is 1.07 bits per heavy atom. The normalized spacial score (nSPS) is 30.5. The van der Waals surface area contributed by atoms with Crippen molar-refractivity contribution in [3.63, 3.8) is 0 Å². The molecule has 1 amide bonds. The van der Waals surface area contributed by atoms with Crippen molar-refractivity contribution in [3.8, 4) is 11.3 Å². The molecule has 4 nitrogen and oxygen atoms in total. The number of benzene rings is 1. The Kier molecular flexibility index (Phi) is 4.73. The number of hydrogen-bond acceptors (Lipinski definition) is 3. The molecule has 0 spiro atoms. The number of carbonyl (C=O) groups excluding carboxylic acids is 1. The molecule has 0 unspecified atom stereocenters. The second kappa shape index (κ2) is 7.38. The molecule has 148 valence electrons. The largest absolute Gasteiger partial charge is 0.441 e. The first-order valence-electron chi connectivity index (χ1n) is 10.9. The molecule has 1 aromatic heterocycles. The quantitative estimate of drug-likeness (QED) is 0.738. The topological polar surface area (TPSA) is 55.1 Å². The lowest BCUT2D eigenvalue weighted by Crippen LogP contribution is -2.47. The van der Waals surface area contributed by atoms with Gasteiger partial charge in [0.25, 0.3) is 0 Å². The Morgan fingerprint density at radius 2 is 1.75 bits per heavy atom. The van der Waals surface area contributed by atoms with Crippen LogP contribution in [-0.2, 0) is 11.2 Å². The van der Waals surface area contributed by atoms with Crippen molar-refractivity contribution < 1.29 is 9.21 Å². The molecule has 1 heterocycles. The van der Waals surface area contributed by atoms with Gasteiger partial charge in [0.2, 0.25) is 5.91 Å². The lowest BCUT2D eigenvalue weighted by molar-refractivity contribution is -0.121. The van der Waals surface area contributed by atoms with Crippen molar-refractivity contribution in [2.45, 2.75) is 57.8 Å². The molecular formula is C24H30N2O2. The van der Waals surface area contributed by atoms with Gasteiger partial charge in [-0.3, -0.25) is 4.79 Å². The second-order valence-corrected chi connectivity index (χ2v) is 9.50. The van der Waals surface area contributed by atoms with E-state index in [1.165, 1.54) is 44.9 Å². The van der Waals surface area contributed by atoms with Crippen molar-refractivity contribution in [1.82, 2.24) is 10.3 Å². The molecule has 4 heteroatoms. The van der Waals surface area contributed by atoms with Crippen LogP contribution < -0.4 is 5.32 Å². The number of rotatable bonds is 7. The van der Waals surface area contributed by atoms with Crippen LogP contribution in [0.15, 0.2) is 40.9 Å². The van der Waals surface area contributed by atoms with Gasteiger partial charge in [-0.15, -0.1) is 0 Å². The summed E-state index contributed by atoms with van der Waals surface area (Å²) in [7, 11) is 0. The van der Waals surface area contributed by atoms with Crippen LogP contribution in [0.4, 0.5) is 0 Å². The van der Waals surface area contributed by atoms with Crippen LogP contribution in [0.25, 0.3) is 11.3 Å². The SMILES string of the molecule is O=C(CCc1ncc(-c2ccccc2)o1)NCCC12CC3CC(CC(C3)C1)C2. The van der Waals surface area contributed by atoms with E-state index >= 15 is 0 Å². The van der Waals surface area contributed by atoms with Gasteiger partial charge in [0.15, 0.2) is 11.7 Å². The fourth-order valence-electron chi connectivity index (χ4n) is 6.53. The summed E-state index contributed by atoms with van der Waals surface area (Å²) in [6.07, 6.45) is 12.6. The minimum absolute atomic E-state index is 0.115. The molecule has 0 saturated heterocycles. The molecule has 1 N–H and O–H groups in total. The molecule has 4 aliphatic carbocycles. The highest BCUT2D eigenvalue weighted by atomic mass is 16.4. The summed E-state index contributed by atoms with van der Waals surface area (Å²) in [5.41, 5.74) is 1.55. The fraction of sp³-hybridized carbons (Fsp3) is 0.583. The number of aryl methyl sites for hydroxylation is 1. The number of hydrogen-bond donors (Lipinski definition) is 1. The number of aromatic nitrogens is 1. The van der Waals surface area contributed by atoms with Crippen molar-refractivity contribution >= 4 is 5.91 Å². The van der Waals surface area contributed by atoms with Gasteiger partial charge in [0.1, 0.15) is 0 Å². The van der Waals surface area contributed by atoms with Crippen LogP contribution >= 0.6 is 0 Å². The number of carbonyl (C=O) groups is 1. The lowest BCUT2D eigenvalue weighted by Gasteiger charge is -2.57. The van der Waals surface area contributed by atoms with Gasteiger partial charge in [-0.1, -0.05) is 30.3 Å². The van der Waals surface area contributed by atoms with E-state index in [0.29, 0.717) is 24.1 Å². The van der Waals surface area contributed by atoms with E-state index in [0.717, 1.165) is 35.6 Å². The Balaban J connectivity index is 1.08. The first-order chi connectivity index (χ1) is 13.7. The van der Waals surface area contributed by atoms with Crippen LogP contribution in [0.1, 0.15) is 57.3 Å². The third-order valence-electron chi connectivity index (χ3n) is 7.32. The average molecular weight is 379 g/mol. The molecule has 0 atom stereocenters. The standard InChI is InChI=1S/C24H30N2O2/c27-22(6-7-23-26-16-21(28-23)20-4-2-1-3-5-20)25-9-8-24-13-17-10-18(14-24)12-19(11-17)15-24/h1-5,16-19H,6-15H2,(H,25,27). The summed E-state index contributed by atoms with van der Waals surface area (Å²) < 4.78 is 5.80. The fourth-order valence-corrected chi connectivity index (χ4v) is 6.53. The summed E-state index contributed by atoms with van der Waals surface area (Å²) in [5.74, 6) is 4.44. The maximum atomic E-state index is 12.3. The molecule has 6 rings (SSSR count). The van der Waals surface area contributed by atoms with E-state index in [2.05, 4.69) is 10.3 Å². The van der Waals surface area contributed by atoms with Gasteiger partial charge < -0.3 is 9.73 Å². The van der Waals surface area contributed by atoms with Crippen molar-refractivity contribution in [3.05, 3.63) is 42.4 Å². The van der Waals surface area contributed by atoms with Crippen molar-refractivity contribution in [2.24, 2.45) is 23.2 Å². The maximum Gasteiger partial charge on any atom is 0.220 e. The zero-order valence-electron chi connectivity index (χ0n) is 16.5. The first kappa shape index (κ1) is 18.0. The number of nitrogens with zero attached hydrogens (tertiary/aromatic N) is 1. The van der Waals surface area contributed by atoms with Crippen molar-refractivity contribution in [1.29, 1.82) is 0 Å². The van der Waals surface area contributed by atoms with Crippen molar-refractivity contribution in [2.75, 3.05) is 6.54 Å². The Labute approximate surface area is 167 Å². The lowest BCUT2D eigenvalue weighted by atomic mass is 9.49. The minimum atomic E-state index is 0.115. The number of amides is 1. The third kappa shape index (κ3) is 3.74. The highest BCUT2D eigenvalue weighted by Gasteiger charge is 2.50. The summed E-state index contributed by atoms with van der Waals surface area (Å²) in [5, 5.41) is 3.16. The van der Waals surface area contributed by atoms with Crippen LogP contribution in [0.5, 0.6) is 0 Å². The first-order valence-corrected chi connectivity index (χ1v) is 10.9. The molecule has 28 heavy (non-hydrogen) atoms. The zero-order chi connectivity index (χ0) is 19.0. The molecule has 4 saturated carbocycles. The summed E-state index contributed by atoms with van der Waals surface area (Å²) in [6.45, 7) is 0.825. The highest BCUT2D eigenvalue weighted by Crippen LogP contribution is 2.61. The molecule has 1 aromatic carbocycles. The number of oxazole rings is 1. The van der Waals surface area contributed by atoms with Gasteiger partial charge in [-0.05, 0) is 68.1 Å². The monoisotopic (exact) mass is 378 g/mol. The minimum Gasteiger partial charge on any atom is -0.441 e. The maximum absolute atomic E-state index is 12.3. The summed E-state index contributed by atoms with van der Waals surface area (Å²) in [4.78, 5) is 16.6. The van der Waals surface area contributed by atoms with Gasteiger partial charge in [0, 0.05) is 24.9 Å². The average Bonchev–Trinajstić information content (AvgIpc) is 3.15. The molecule has 4 aliphatic rings. The summed E-state index contributed by atoms with van der Waals surface area (Å²) in [6, 6.07) is 9.95.